The molecule has 0 spiro atoms. The monoisotopic (exact) mass is 381 g/mol. The first-order valence-electron chi connectivity index (χ1n) is 7.93. The number of aromatic nitrogens is 1. The van der Waals surface area contributed by atoms with E-state index in [1.807, 2.05) is 42.6 Å². The van der Waals surface area contributed by atoms with Gasteiger partial charge in [-0.1, -0.05) is 47.5 Å². The molecule has 5 heteroatoms. The third-order valence-electron chi connectivity index (χ3n) is 4.35. The molecule has 4 rings (SSSR count). The zero-order valence-electron chi connectivity index (χ0n) is 13.5. The van der Waals surface area contributed by atoms with Crippen molar-refractivity contribution in [3.05, 3.63) is 82.5 Å². The summed E-state index contributed by atoms with van der Waals surface area (Å²) in [5, 5.41) is 11.4. The van der Waals surface area contributed by atoms with Crippen LogP contribution in [-0.4, -0.2) is 16.1 Å². The number of hydrogen-bond donors (Lipinski definition) is 2. The molecule has 2 N–H and O–H groups in total. The minimum Gasteiger partial charge on any atom is -0.478 e. The molecule has 1 heterocycles. The number of carbonyl (C=O) groups is 1. The van der Waals surface area contributed by atoms with E-state index in [0.29, 0.717) is 10.0 Å². The predicted molar refractivity (Wildman–Crippen MR) is 106 cm³/mol. The van der Waals surface area contributed by atoms with Gasteiger partial charge in [0, 0.05) is 38.3 Å². The number of H-pyrrole nitrogens is 1. The van der Waals surface area contributed by atoms with Gasteiger partial charge in [0.2, 0.25) is 0 Å². The molecule has 3 nitrogen and oxygen atoms in total. The number of halogens is 2. The number of hydrogen-bond acceptors (Lipinski definition) is 1. The van der Waals surface area contributed by atoms with Gasteiger partial charge in [-0.15, -0.1) is 0 Å². The lowest BCUT2D eigenvalue weighted by atomic mass is 9.98. The van der Waals surface area contributed by atoms with Crippen LogP contribution in [0.25, 0.3) is 33.2 Å². The van der Waals surface area contributed by atoms with Gasteiger partial charge in [-0.05, 0) is 47.5 Å². The van der Waals surface area contributed by atoms with Gasteiger partial charge in [0.1, 0.15) is 0 Å². The molecule has 4 aromatic rings. The van der Waals surface area contributed by atoms with Crippen molar-refractivity contribution in [1.82, 2.24) is 4.98 Å². The smallest absolute Gasteiger partial charge is 0.335 e. The molecule has 0 bridgehead atoms. The molecule has 0 saturated carbocycles. The van der Waals surface area contributed by atoms with Crippen molar-refractivity contribution in [2.75, 3.05) is 0 Å². The fourth-order valence-corrected chi connectivity index (χ4v) is 3.57. The third kappa shape index (κ3) is 2.96. The zero-order chi connectivity index (χ0) is 18.3. The van der Waals surface area contributed by atoms with Gasteiger partial charge >= 0.3 is 5.97 Å². The Morgan fingerprint density at radius 1 is 0.885 bits per heavy atom. The van der Waals surface area contributed by atoms with E-state index in [0.717, 1.165) is 33.2 Å². The Balaban J connectivity index is 1.87. The molecular weight excluding hydrogens is 369 g/mol. The van der Waals surface area contributed by atoms with E-state index in [1.54, 1.807) is 24.3 Å². The summed E-state index contributed by atoms with van der Waals surface area (Å²) in [5.74, 6) is -0.941. The quantitative estimate of drug-likeness (QED) is 0.425. The molecule has 128 valence electrons. The molecule has 26 heavy (non-hydrogen) atoms. The summed E-state index contributed by atoms with van der Waals surface area (Å²) in [6.45, 7) is 0. The van der Waals surface area contributed by atoms with Crippen LogP contribution in [0.2, 0.25) is 10.0 Å². The topological polar surface area (TPSA) is 53.1 Å². The lowest BCUT2D eigenvalue weighted by Crippen LogP contribution is -1.95. The maximum Gasteiger partial charge on any atom is 0.335 e. The Bertz CT molecular complexity index is 1150. The Morgan fingerprint density at radius 3 is 2.46 bits per heavy atom. The molecule has 0 aliphatic heterocycles. The van der Waals surface area contributed by atoms with Crippen LogP contribution in [-0.2, 0) is 0 Å². The Labute approximate surface area is 159 Å². The van der Waals surface area contributed by atoms with E-state index in [1.165, 1.54) is 0 Å². The summed E-state index contributed by atoms with van der Waals surface area (Å²) in [6, 6.07) is 18.3. The van der Waals surface area contributed by atoms with Gasteiger partial charge in [0.05, 0.1) is 5.56 Å². The average molecular weight is 382 g/mol. The summed E-state index contributed by atoms with van der Waals surface area (Å²) >= 11 is 12.4. The van der Waals surface area contributed by atoms with E-state index in [-0.39, 0.29) is 5.56 Å². The zero-order valence-corrected chi connectivity index (χ0v) is 15.0. The fraction of sp³-hybridized carbons (Fsp3) is 0. The number of carboxylic acid groups (broad SMARTS) is 1. The highest BCUT2D eigenvalue weighted by Crippen LogP contribution is 2.36. The largest absolute Gasteiger partial charge is 0.478 e. The maximum atomic E-state index is 11.2. The van der Waals surface area contributed by atoms with Gasteiger partial charge in [0.25, 0.3) is 0 Å². The van der Waals surface area contributed by atoms with Gasteiger partial charge in [-0.25, -0.2) is 4.79 Å². The van der Waals surface area contributed by atoms with Crippen LogP contribution in [0, 0.1) is 0 Å². The van der Waals surface area contributed by atoms with Crippen LogP contribution in [0.1, 0.15) is 10.4 Å². The van der Waals surface area contributed by atoms with Crippen molar-refractivity contribution < 1.29 is 9.90 Å². The van der Waals surface area contributed by atoms with Gasteiger partial charge in [0.15, 0.2) is 0 Å². The molecule has 3 aromatic carbocycles. The number of rotatable bonds is 3. The lowest BCUT2D eigenvalue weighted by Gasteiger charge is -2.06. The third-order valence-corrected chi connectivity index (χ3v) is 4.89. The van der Waals surface area contributed by atoms with Crippen molar-refractivity contribution in [2.45, 2.75) is 0 Å². The Hall–Kier alpha value is -2.75. The van der Waals surface area contributed by atoms with Crippen molar-refractivity contribution in [3.8, 4) is 22.3 Å². The van der Waals surface area contributed by atoms with Gasteiger partial charge < -0.3 is 10.1 Å². The second-order valence-corrected chi connectivity index (χ2v) is 6.82. The van der Waals surface area contributed by atoms with Crippen molar-refractivity contribution in [1.29, 1.82) is 0 Å². The van der Waals surface area contributed by atoms with Crippen molar-refractivity contribution >= 4 is 40.1 Å². The van der Waals surface area contributed by atoms with Gasteiger partial charge in [-0.2, -0.15) is 0 Å². The van der Waals surface area contributed by atoms with E-state index in [4.69, 9.17) is 23.2 Å². The standard InChI is InChI=1S/C21H13Cl2NO2/c22-15-5-6-16(19(23)10-15)18-11-24-20-7-4-13(9-17(18)20)12-2-1-3-14(8-12)21(25)26/h1-11,24H,(H,25,26). The number of aromatic amines is 1. The van der Waals surface area contributed by atoms with E-state index in [9.17, 15) is 9.90 Å². The summed E-state index contributed by atoms with van der Waals surface area (Å²) in [5.41, 5.74) is 4.88. The number of nitrogens with one attached hydrogen (secondary N) is 1. The Morgan fingerprint density at radius 2 is 1.69 bits per heavy atom. The summed E-state index contributed by atoms with van der Waals surface area (Å²) in [7, 11) is 0. The first-order chi connectivity index (χ1) is 12.5. The lowest BCUT2D eigenvalue weighted by molar-refractivity contribution is 0.0697. The van der Waals surface area contributed by atoms with E-state index < -0.39 is 5.97 Å². The average Bonchev–Trinajstić information content (AvgIpc) is 3.05. The van der Waals surface area contributed by atoms with Crippen LogP contribution >= 0.6 is 23.2 Å². The van der Waals surface area contributed by atoms with Crippen LogP contribution in [0.5, 0.6) is 0 Å². The molecule has 0 unspecified atom stereocenters. The predicted octanol–water partition coefficient (Wildman–Crippen LogP) is 6.51. The van der Waals surface area contributed by atoms with Gasteiger partial charge in [-0.3, -0.25) is 0 Å². The molecule has 0 radical (unpaired) electrons. The summed E-state index contributed by atoms with van der Waals surface area (Å²) < 4.78 is 0. The van der Waals surface area contributed by atoms with E-state index >= 15 is 0 Å². The van der Waals surface area contributed by atoms with E-state index in [2.05, 4.69) is 4.98 Å². The highest BCUT2D eigenvalue weighted by Gasteiger charge is 2.12. The molecule has 0 atom stereocenters. The number of aromatic carboxylic acids is 1. The number of carboxylic acids is 1. The molecule has 0 aliphatic carbocycles. The van der Waals surface area contributed by atoms with Crippen LogP contribution in [0.3, 0.4) is 0 Å². The second-order valence-electron chi connectivity index (χ2n) is 5.97. The highest BCUT2D eigenvalue weighted by molar-refractivity contribution is 6.36. The maximum absolute atomic E-state index is 11.2. The summed E-state index contributed by atoms with van der Waals surface area (Å²) in [6.07, 6.45) is 1.91. The first kappa shape index (κ1) is 16.7. The molecule has 0 saturated heterocycles. The van der Waals surface area contributed by atoms with Crippen LogP contribution < -0.4 is 0 Å². The minimum atomic E-state index is -0.941. The normalized spacial score (nSPS) is 11.0. The second kappa shape index (κ2) is 6.52. The SMILES string of the molecule is O=C(O)c1cccc(-c2ccc3[nH]cc(-c4ccc(Cl)cc4Cl)c3c2)c1. The fourth-order valence-electron chi connectivity index (χ4n) is 3.06. The molecular formula is C21H13Cl2NO2. The van der Waals surface area contributed by atoms with Crippen molar-refractivity contribution in [3.63, 3.8) is 0 Å². The molecule has 1 aromatic heterocycles. The molecule has 0 aliphatic rings. The highest BCUT2D eigenvalue weighted by atomic mass is 35.5. The minimum absolute atomic E-state index is 0.262. The number of fused-ring (bicyclic) bond motifs is 1. The van der Waals surface area contributed by atoms with Crippen LogP contribution in [0.4, 0.5) is 0 Å². The molecule has 0 amide bonds. The van der Waals surface area contributed by atoms with Crippen molar-refractivity contribution in [2.24, 2.45) is 0 Å². The number of benzene rings is 3. The van der Waals surface area contributed by atoms with Crippen LogP contribution in [0.15, 0.2) is 66.9 Å². The Kier molecular flexibility index (Phi) is 4.19. The first-order valence-corrected chi connectivity index (χ1v) is 8.69. The summed E-state index contributed by atoms with van der Waals surface area (Å²) in [4.78, 5) is 14.5. The molecule has 0 fully saturated rings.